The summed E-state index contributed by atoms with van der Waals surface area (Å²) in [6, 6.07) is 0. The topological polar surface area (TPSA) is 23.9 Å². The molecule has 0 fully saturated rings. The average Bonchev–Trinajstić information content (AvgIpc) is 1.89. The summed E-state index contributed by atoms with van der Waals surface area (Å²) in [6.45, 7) is 5.37. The van der Waals surface area contributed by atoms with Crippen molar-refractivity contribution in [2.24, 2.45) is 0 Å². The van der Waals surface area contributed by atoms with E-state index in [4.69, 9.17) is 5.41 Å². The molecular weight excluding hydrogens is 110 g/mol. The number of allylic oxidation sites excluding steroid dienone is 5. The van der Waals surface area contributed by atoms with Crippen LogP contribution in [0.1, 0.15) is 6.92 Å². The van der Waals surface area contributed by atoms with Crippen molar-refractivity contribution in [1.82, 2.24) is 0 Å². The van der Waals surface area contributed by atoms with Gasteiger partial charge in [0.05, 0.1) is 5.71 Å². The van der Waals surface area contributed by atoms with Crippen molar-refractivity contribution in [2.75, 3.05) is 0 Å². The molecule has 0 aromatic heterocycles. The molecule has 0 amide bonds. The third-order valence-electron chi connectivity index (χ3n) is 0.799. The Labute approximate surface area is 55.9 Å². The molecule has 0 aliphatic carbocycles. The van der Waals surface area contributed by atoms with Crippen molar-refractivity contribution in [3.8, 4) is 0 Å². The lowest BCUT2D eigenvalue weighted by molar-refractivity contribution is 1.54. The lowest BCUT2D eigenvalue weighted by atomic mass is 10.3. The maximum atomic E-state index is 7.08. The summed E-state index contributed by atoms with van der Waals surface area (Å²) in [6.07, 6.45) is 8.78. The third kappa shape index (κ3) is 4.75. The van der Waals surface area contributed by atoms with Gasteiger partial charge in [-0.05, 0) is 19.1 Å². The Hall–Kier alpha value is -1.11. The lowest BCUT2D eigenvalue weighted by Gasteiger charge is -1.79. The Kier molecular flexibility index (Phi) is 4.41. The van der Waals surface area contributed by atoms with Gasteiger partial charge in [-0.15, -0.1) is 0 Å². The smallest absolute Gasteiger partial charge is 0.0533 e. The molecule has 9 heavy (non-hydrogen) atoms. The predicted molar refractivity (Wildman–Crippen MR) is 41.9 cm³/mol. The van der Waals surface area contributed by atoms with Gasteiger partial charge in [-0.1, -0.05) is 24.8 Å². The van der Waals surface area contributed by atoms with E-state index in [1.54, 1.807) is 6.08 Å². The summed E-state index contributed by atoms with van der Waals surface area (Å²) < 4.78 is 0. The van der Waals surface area contributed by atoms with E-state index in [1.807, 2.05) is 25.2 Å². The van der Waals surface area contributed by atoms with Crippen LogP contribution in [0.3, 0.4) is 0 Å². The quantitative estimate of drug-likeness (QED) is 0.437. The maximum Gasteiger partial charge on any atom is 0.0533 e. The van der Waals surface area contributed by atoms with Gasteiger partial charge in [0, 0.05) is 0 Å². The van der Waals surface area contributed by atoms with Crippen molar-refractivity contribution in [1.29, 1.82) is 5.41 Å². The normalized spacial score (nSPS) is 10.8. The van der Waals surface area contributed by atoms with Gasteiger partial charge >= 0.3 is 0 Å². The fourth-order valence-corrected chi connectivity index (χ4v) is 0.338. The van der Waals surface area contributed by atoms with Crippen molar-refractivity contribution in [3.63, 3.8) is 0 Å². The van der Waals surface area contributed by atoms with Gasteiger partial charge in [0.1, 0.15) is 0 Å². The van der Waals surface area contributed by atoms with Crippen LogP contribution in [0.5, 0.6) is 0 Å². The zero-order chi connectivity index (χ0) is 7.11. The molecule has 1 heteroatoms. The first-order chi connectivity index (χ1) is 4.31. The summed E-state index contributed by atoms with van der Waals surface area (Å²) >= 11 is 0. The Bertz CT molecular complexity index is 152. The Morgan fingerprint density at radius 2 is 2.11 bits per heavy atom. The van der Waals surface area contributed by atoms with Crippen molar-refractivity contribution in [2.45, 2.75) is 6.92 Å². The van der Waals surface area contributed by atoms with Crippen molar-refractivity contribution in [3.05, 3.63) is 37.0 Å². The molecule has 0 aliphatic rings. The standard InChI is InChI=1S/C8H11N/c1-3-5-6-7-8(9)4-2/h3-7,9H,2H2,1H3/b5-3-,7-6-,9-8?. The van der Waals surface area contributed by atoms with Crippen LogP contribution in [-0.2, 0) is 0 Å². The number of rotatable bonds is 3. The summed E-state index contributed by atoms with van der Waals surface area (Å²) in [7, 11) is 0. The first-order valence-corrected chi connectivity index (χ1v) is 2.81. The van der Waals surface area contributed by atoms with E-state index < -0.39 is 0 Å². The fourth-order valence-electron chi connectivity index (χ4n) is 0.338. The molecule has 0 radical (unpaired) electrons. The van der Waals surface area contributed by atoms with Crippen LogP contribution >= 0.6 is 0 Å². The van der Waals surface area contributed by atoms with Crippen molar-refractivity contribution >= 4 is 5.71 Å². The van der Waals surface area contributed by atoms with Gasteiger partial charge in [0.15, 0.2) is 0 Å². The van der Waals surface area contributed by atoms with E-state index >= 15 is 0 Å². The molecule has 1 N–H and O–H groups in total. The first-order valence-electron chi connectivity index (χ1n) is 2.81. The molecule has 0 aliphatic heterocycles. The second-order valence-corrected chi connectivity index (χ2v) is 1.54. The first kappa shape index (κ1) is 7.89. The van der Waals surface area contributed by atoms with E-state index in [9.17, 15) is 0 Å². The average molecular weight is 121 g/mol. The zero-order valence-corrected chi connectivity index (χ0v) is 5.59. The van der Waals surface area contributed by atoms with Gasteiger partial charge < -0.3 is 5.41 Å². The summed E-state index contributed by atoms with van der Waals surface area (Å²) in [5.74, 6) is 0. The van der Waals surface area contributed by atoms with E-state index in [0.717, 1.165) is 0 Å². The highest BCUT2D eigenvalue weighted by atomic mass is 14.4. The van der Waals surface area contributed by atoms with Crippen LogP contribution < -0.4 is 0 Å². The Balaban J connectivity index is 3.70. The second-order valence-electron chi connectivity index (χ2n) is 1.54. The van der Waals surface area contributed by atoms with Gasteiger partial charge in [0.25, 0.3) is 0 Å². The van der Waals surface area contributed by atoms with Crippen LogP contribution in [0.25, 0.3) is 0 Å². The van der Waals surface area contributed by atoms with Crippen LogP contribution in [0.4, 0.5) is 0 Å². The molecule has 0 aromatic carbocycles. The zero-order valence-electron chi connectivity index (χ0n) is 5.59. The molecular formula is C8H11N. The van der Waals surface area contributed by atoms with E-state index in [2.05, 4.69) is 6.58 Å². The van der Waals surface area contributed by atoms with Gasteiger partial charge in [-0.3, -0.25) is 0 Å². The van der Waals surface area contributed by atoms with Crippen molar-refractivity contribution < 1.29 is 0 Å². The Morgan fingerprint density at radius 3 is 2.56 bits per heavy atom. The number of hydrogen-bond acceptors (Lipinski definition) is 1. The third-order valence-corrected chi connectivity index (χ3v) is 0.799. The second kappa shape index (κ2) is 5.04. The molecule has 0 saturated heterocycles. The minimum absolute atomic E-state index is 0.438. The highest BCUT2D eigenvalue weighted by molar-refractivity contribution is 6.01. The van der Waals surface area contributed by atoms with E-state index in [1.165, 1.54) is 6.08 Å². The SMILES string of the molecule is C=CC(=N)/C=C\C=C/C. The van der Waals surface area contributed by atoms with Crippen LogP contribution in [0.15, 0.2) is 37.0 Å². The minimum atomic E-state index is 0.438. The molecule has 0 bridgehead atoms. The van der Waals surface area contributed by atoms with Crippen LogP contribution in [-0.4, -0.2) is 5.71 Å². The van der Waals surface area contributed by atoms with Crippen LogP contribution in [0.2, 0.25) is 0 Å². The molecule has 0 atom stereocenters. The van der Waals surface area contributed by atoms with Gasteiger partial charge in [-0.2, -0.15) is 0 Å². The molecule has 0 saturated carbocycles. The minimum Gasteiger partial charge on any atom is -0.301 e. The van der Waals surface area contributed by atoms with Crippen LogP contribution in [0, 0.1) is 5.41 Å². The molecule has 0 heterocycles. The molecule has 0 rings (SSSR count). The maximum absolute atomic E-state index is 7.08. The predicted octanol–water partition coefficient (Wildman–Crippen LogP) is 2.32. The van der Waals surface area contributed by atoms with E-state index in [-0.39, 0.29) is 0 Å². The summed E-state index contributed by atoms with van der Waals surface area (Å²) in [5.41, 5.74) is 0.438. The highest BCUT2D eigenvalue weighted by Gasteiger charge is 1.74. The number of nitrogens with one attached hydrogen (secondary N) is 1. The monoisotopic (exact) mass is 121 g/mol. The largest absolute Gasteiger partial charge is 0.301 e. The van der Waals surface area contributed by atoms with E-state index in [0.29, 0.717) is 5.71 Å². The molecule has 48 valence electrons. The molecule has 0 aromatic rings. The lowest BCUT2D eigenvalue weighted by Crippen LogP contribution is -1.78. The van der Waals surface area contributed by atoms with Gasteiger partial charge in [-0.25, -0.2) is 0 Å². The fraction of sp³-hybridized carbons (Fsp3) is 0.125. The summed E-state index contributed by atoms with van der Waals surface area (Å²) in [5, 5.41) is 7.08. The number of hydrogen-bond donors (Lipinski definition) is 1. The molecule has 0 unspecified atom stereocenters. The molecule has 0 spiro atoms. The molecule has 1 nitrogen and oxygen atoms in total. The highest BCUT2D eigenvalue weighted by Crippen LogP contribution is 1.79. The Morgan fingerprint density at radius 1 is 1.44 bits per heavy atom. The summed E-state index contributed by atoms with van der Waals surface area (Å²) in [4.78, 5) is 0. The van der Waals surface area contributed by atoms with Gasteiger partial charge in [0.2, 0.25) is 0 Å².